The third kappa shape index (κ3) is 6.29. The van der Waals surface area contributed by atoms with E-state index in [4.69, 9.17) is 21.1 Å². The molecule has 0 unspecified atom stereocenters. The van der Waals surface area contributed by atoms with Gasteiger partial charge in [0.25, 0.3) is 5.91 Å². The van der Waals surface area contributed by atoms with Gasteiger partial charge in [-0.2, -0.15) is 5.10 Å². The number of nitrogens with one attached hydrogen (secondary N) is 1. The lowest BCUT2D eigenvalue weighted by atomic mass is 10.2. The third-order valence-electron chi connectivity index (χ3n) is 4.11. The lowest BCUT2D eigenvalue weighted by molar-refractivity contribution is -0.129. The fourth-order valence-corrected chi connectivity index (χ4v) is 2.81. The van der Waals surface area contributed by atoms with Crippen molar-refractivity contribution in [3.8, 4) is 11.5 Å². The maximum Gasteiger partial charge on any atom is 0.336 e. The number of halogens is 1. The molecule has 0 saturated carbocycles. The van der Waals surface area contributed by atoms with Crippen molar-refractivity contribution in [3.63, 3.8) is 0 Å². The first-order valence-electron chi connectivity index (χ1n) is 9.28. The zero-order valence-electron chi connectivity index (χ0n) is 16.6. The van der Waals surface area contributed by atoms with E-state index >= 15 is 0 Å². The van der Waals surface area contributed by atoms with Crippen molar-refractivity contribution in [1.29, 1.82) is 0 Å². The SMILES string of the molecule is COc1cc(/C=N\NC(=O)c2ccccc2Cl)ccc1OC(=O)/C=C/c1ccccc1. The summed E-state index contributed by atoms with van der Waals surface area (Å²) in [6.07, 6.45) is 4.45. The van der Waals surface area contributed by atoms with Gasteiger partial charge in [-0.1, -0.05) is 54.1 Å². The first-order valence-corrected chi connectivity index (χ1v) is 9.65. The van der Waals surface area contributed by atoms with Gasteiger partial charge in [-0.15, -0.1) is 0 Å². The summed E-state index contributed by atoms with van der Waals surface area (Å²) in [5.41, 5.74) is 4.26. The Kier molecular flexibility index (Phi) is 7.56. The van der Waals surface area contributed by atoms with Gasteiger partial charge in [0.1, 0.15) is 0 Å². The summed E-state index contributed by atoms with van der Waals surface area (Å²) in [7, 11) is 1.46. The zero-order valence-corrected chi connectivity index (χ0v) is 17.4. The van der Waals surface area contributed by atoms with Crippen LogP contribution >= 0.6 is 11.6 Å². The molecule has 156 valence electrons. The molecule has 0 aliphatic carbocycles. The maximum atomic E-state index is 12.1. The molecule has 0 fully saturated rings. The normalized spacial score (nSPS) is 10.9. The molecule has 0 aliphatic heterocycles. The molecule has 0 atom stereocenters. The van der Waals surface area contributed by atoms with Crippen LogP contribution in [0.3, 0.4) is 0 Å². The van der Waals surface area contributed by atoms with E-state index in [0.29, 0.717) is 21.9 Å². The van der Waals surface area contributed by atoms with Crippen molar-refractivity contribution in [2.24, 2.45) is 5.10 Å². The van der Waals surface area contributed by atoms with Crippen LogP contribution in [0, 0.1) is 0 Å². The van der Waals surface area contributed by atoms with E-state index in [9.17, 15) is 9.59 Å². The van der Waals surface area contributed by atoms with Crippen LogP contribution in [0.1, 0.15) is 21.5 Å². The van der Waals surface area contributed by atoms with E-state index in [2.05, 4.69) is 10.5 Å². The van der Waals surface area contributed by atoms with E-state index in [1.165, 1.54) is 19.4 Å². The van der Waals surface area contributed by atoms with Gasteiger partial charge in [-0.25, -0.2) is 10.2 Å². The number of amides is 1. The molecule has 1 amide bonds. The first kappa shape index (κ1) is 21.8. The topological polar surface area (TPSA) is 77.0 Å². The van der Waals surface area contributed by atoms with E-state index in [1.54, 1.807) is 48.5 Å². The number of esters is 1. The van der Waals surface area contributed by atoms with Crippen molar-refractivity contribution in [2.45, 2.75) is 0 Å². The van der Waals surface area contributed by atoms with Crippen LogP contribution < -0.4 is 14.9 Å². The molecule has 0 spiro atoms. The van der Waals surface area contributed by atoms with Gasteiger partial charge in [0.15, 0.2) is 11.5 Å². The second-order valence-electron chi connectivity index (χ2n) is 6.25. The number of carbonyl (C=O) groups excluding carboxylic acids is 2. The molecule has 31 heavy (non-hydrogen) atoms. The molecular formula is C24H19ClN2O4. The Labute approximate surface area is 184 Å². The van der Waals surface area contributed by atoms with Crippen molar-refractivity contribution >= 4 is 35.8 Å². The predicted molar refractivity (Wildman–Crippen MR) is 121 cm³/mol. The van der Waals surface area contributed by atoms with E-state index < -0.39 is 11.9 Å². The Bertz CT molecular complexity index is 1130. The molecule has 0 bridgehead atoms. The molecule has 6 nitrogen and oxygen atoms in total. The van der Waals surface area contributed by atoms with Gasteiger partial charge >= 0.3 is 5.97 Å². The minimum Gasteiger partial charge on any atom is -0.493 e. The first-order chi connectivity index (χ1) is 15.1. The van der Waals surface area contributed by atoms with Crippen molar-refractivity contribution in [3.05, 3.63) is 101 Å². The number of carbonyl (C=O) groups is 2. The number of hydrazone groups is 1. The summed E-state index contributed by atoms with van der Waals surface area (Å²) >= 11 is 6.00. The standard InChI is InChI=1S/C24H19ClN2O4/c1-30-22-15-18(16-26-27-24(29)19-9-5-6-10-20(19)25)11-13-21(22)31-23(28)14-12-17-7-3-2-4-8-17/h2-16H,1H3,(H,27,29)/b14-12+,26-16-. The second-order valence-corrected chi connectivity index (χ2v) is 6.66. The summed E-state index contributed by atoms with van der Waals surface area (Å²) < 4.78 is 10.6. The van der Waals surface area contributed by atoms with Gasteiger partial charge in [-0.3, -0.25) is 4.79 Å². The van der Waals surface area contributed by atoms with Crippen LogP contribution in [0.4, 0.5) is 0 Å². The lowest BCUT2D eigenvalue weighted by Crippen LogP contribution is -2.17. The van der Waals surface area contributed by atoms with Crippen LogP contribution in [0.5, 0.6) is 11.5 Å². The quantitative estimate of drug-likeness (QED) is 0.192. The zero-order chi connectivity index (χ0) is 22.1. The number of hydrogen-bond donors (Lipinski definition) is 1. The monoisotopic (exact) mass is 434 g/mol. The number of benzene rings is 3. The number of rotatable bonds is 7. The molecule has 0 heterocycles. The minimum absolute atomic E-state index is 0.266. The predicted octanol–water partition coefficient (Wildman–Crippen LogP) is 4.73. The molecule has 0 aliphatic rings. The van der Waals surface area contributed by atoms with E-state index in [1.807, 2.05) is 30.3 Å². The molecule has 3 aromatic rings. The Morgan fingerprint density at radius 1 is 0.935 bits per heavy atom. The Hall–Kier alpha value is -3.90. The van der Waals surface area contributed by atoms with Gasteiger partial charge < -0.3 is 9.47 Å². The van der Waals surface area contributed by atoms with Gasteiger partial charge in [0.2, 0.25) is 0 Å². The molecule has 0 saturated heterocycles. The molecule has 7 heteroatoms. The minimum atomic E-state index is -0.532. The van der Waals surface area contributed by atoms with Crippen LogP contribution in [-0.2, 0) is 4.79 Å². The lowest BCUT2D eigenvalue weighted by Gasteiger charge is -2.08. The van der Waals surface area contributed by atoms with Gasteiger partial charge in [-0.05, 0) is 47.5 Å². The van der Waals surface area contributed by atoms with Gasteiger partial charge in [0.05, 0.1) is 23.9 Å². The average Bonchev–Trinajstić information content (AvgIpc) is 2.79. The smallest absolute Gasteiger partial charge is 0.336 e. The van der Waals surface area contributed by atoms with Crippen LogP contribution in [0.15, 0.2) is 84.0 Å². The second kappa shape index (κ2) is 10.8. The maximum absolute atomic E-state index is 12.1. The fourth-order valence-electron chi connectivity index (χ4n) is 2.59. The highest BCUT2D eigenvalue weighted by Gasteiger charge is 2.10. The number of nitrogens with zero attached hydrogens (tertiary/aromatic N) is 1. The highest BCUT2D eigenvalue weighted by Crippen LogP contribution is 2.28. The van der Waals surface area contributed by atoms with Crippen LogP contribution in [-0.4, -0.2) is 25.2 Å². The van der Waals surface area contributed by atoms with Crippen LogP contribution in [0.2, 0.25) is 5.02 Å². The summed E-state index contributed by atoms with van der Waals surface area (Å²) in [5.74, 6) is -0.342. The Balaban J connectivity index is 1.63. The number of hydrogen-bond acceptors (Lipinski definition) is 5. The molecule has 3 aromatic carbocycles. The Morgan fingerprint density at radius 2 is 1.68 bits per heavy atom. The third-order valence-corrected chi connectivity index (χ3v) is 4.44. The molecule has 0 aromatic heterocycles. The Morgan fingerprint density at radius 3 is 2.42 bits per heavy atom. The van der Waals surface area contributed by atoms with E-state index in [-0.39, 0.29) is 5.75 Å². The van der Waals surface area contributed by atoms with Crippen molar-refractivity contribution in [1.82, 2.24) is 5.43 Å². The summed E-state index contributed by atoms with van der Waals surface area (Å²) in [4.78, 5) is 24.2. The highest BCUT2D eigenvalue weighted by atomic mass is 35.5. The molecule has 0 radical (unpaired) electrons. The van der Waals surface area contributed by atoms with Crippen molar-refractivity contribution in [2.75, 3.05) is 7.11 Å². The van der Waals surface area contributed by atoms with Crippen LogP contribution in [0.25, 0.3) is 6.08 Å². The largest absolute Gasteiger partial charge is 0.493 e. The van der Waals surface area contributed by atoms with Gasteiger partial charge in [0, 0.05) is 6.08 Å². The summed E-state index contributed by atoms with van der Waals surface area (Å²) in [6.45, 7) is 0. The fraction of sp³-hybridized carbons (Fsp3) is 0.0417. The highest BCUT2D eigenvalue weighted by molar-refractivity contribution is 6.33. The molecule has 1 N–H and O–H groups in total. The number of ether oxygens (including phenoxy) is 2. The average molecular weight is 435 g/mol. The molecule has 3 rings (SSSR count). The van der Waals surface area contributed by atoms with E-state index in [0.717, 1.165) is 5.56 Å². The molecular weight excluding hydrogens is 416 g/mol. The van der Waals surface area contributed by atoms with Crippen molar-refractivity contribution < 1.29 is 19.1 Å². The summed E-state index contributed by atoms with van der Waals surface area (Å²) in [5, 5.41) is 4.27. The summed E-state index contributed by atoms with van der Waals surface area (Å²) in [6, 6.07) is 21.0. The number of methoxy groups -OCH3 is 1.